The number of piperazine rings is 1. The van der Waals surface area contributed by atoms with Crippen LogP contribution in [-0.4, -0.2) is 58.9 Å². The molecule has 1 aliphatic heterocycles. The predicted molar refractivity (Wildman–Crippen MR) is 170 cm³/mol. The number of benzene rings is 3. The Bertz CT molecular complexity index is 1860. The SMILES string of the molecule is Cc1ccc(Oc2cc(-c3cccc(Cl)c3)nc3[nH]ccc23)cc1C(=O)Nc1ccc(CN2CCN(C)CC2)c(C(F)(F)F)c1. The minimum Gasteiger partial charge on any atom is -0.456 e. The second kappa shape index (κ2) is 12.5. The minimum atomic E-state index is -4.57. The van der Waals surface area contributed by atoms with E-state index in [0.717, 1.165) is 30.1 Å². The smallest absolute Gasteiger partial charge is 0.416 e. The molecule has 0 bridgehead atoms. The van der Waals surface area contributed by atoms with E-state index >= 15 is 0 Å². The Balaban J connectivity index is 1.24. The molecule has 0 atom stereocenters. The zero-order valence-electron chi connectivity index (χ0n) is 24.7. The Morgan fingerprint density at radius 3 is 2.58 bits per heavy atom. The molecular formula is C34H31ClF3N5O2. The molecule has 7 nitrogen and oxygen atoms in total. The molecule has 3 aromatic carbocycles. The number of H-pyrrole nitrogens is 1. The Kier molecular flexibility index (Phi) is 8.54. The lowest BCUT2D eigenvalue weighted by Gasteiger charge is -2.33. The molecule has 0 radical (unpaired) electrons. The number of hydrogen-bond acceptors (Lipinski definition) is 5. The van der Waals surface area contributed by atoms with Crippen LogP contribution in [0.5, 0.6) is 11.5 Å². The lowest BCUT2D eigenvalue weighted by molar-refractivity contribution is -0.138. The van der Waals surface area contributed by atoms with Gasteiger partial charge in [0.1, 0.15) is 17.1 Å². The number of halogens is 4. The standard InChI is InChI=1S/C34H31ClF3N5O2/c1-21-6-9-26(45-31-19-30(22-4-3-5-24(35)16-22)41-32-27(31)10-11-39-32)18-28(21)33(44)40-25-8-7-23(29(17-25)34(36,37)38)20-43-14-12-42(2)13-15-43/h3-11,16-19H,12-15,20H2,1-2H3,(H,39,41)(H,40,44). The first-order valence-corrected chi connectivity index (χ1v) is 14.9. The van der Waals surface area contributed by atoms with E-state index in [1.165, 1.54) is 12.1 Å². The van der Waals surface area contributed by atoms with E-state index in [9.17, 15) is 18.0 Å². The second-order valence-corrected chi connectivity index (χ2v) is 11.7. The van der Waals surface area contributed by atoms with Crippen LogP contribution in [-0.2, 0) is 12.7 Å². The fraction of sp³-hybridized carbons (Fsp3) is 0.235. The number of aromatic nitrogens is 2. The summed E-state index contributed by atoms with van der Waals surface area (Å²) in [5, 5.41) is 3.97. The van der Waals surface area contributed by atoms with Gasteiger partial charge in [0.15, 0.2) is 0 Å². The molecule has 0 saturated carbocycles. The van der Waals surface area contributed by atoms with Crippen molar-refractivity contribution in [3.63, 3.8) is 0 Å². The van der Waals surface area contributed by atoms with Gasteiger partial charge in [0.05, 0.1) is 16.6 Å². The number of alkyl halides is 3. The predicted octanol–water partition coefficient (Wildman–Crippen LogP) is 8.00. The van der Waals surface area contributed by atoms with Crippen LogP contribution in [0.1, 0.15) is 27.0 Å². The third-order valence-corrected chi connectivity index (χ3v) is 8.19. The van der Waals surface area contributed by atoms with Crippen LogP contribution in [0.3, 0.4) is 0 Å². The van der Waals surface area contributed by atoms with Gasteiger partial charge in [-0.2, -0.15) is 13.2 Å². The van der Waals surface area contributed by atoms with Gasteiger partial charge in [0.25, 0.3) is 5.91 Å². The molecule has 45 heavy (non-hydrogen) atoms. The molecule has 1 amide bonds. The molecule has 1 fully saturated rings. The summed E-state index contributed by atoms with van der Waals surface area (Å²) in [5.74, 6) is 0.353. The number of carbonyl (C=O) groups excluding carboxylic acids is 1. The molecule has 1 saturated heterocycles. The van der Waals surface area contributed by atoms with Crippen molar-refractivity contribution >= 4 is 34.2 Å². The maximum Gasteiger partial charge on any atom is 0.416 e. The fourth-order valence-electron chi connectivity index (χ4n) is 5.42. The lowest BCUT2D eigenvalue weighted by atomic mass is 10.0. The molecule has 0 aliphatic carbocycles. The molecule has 5 aromatic rings. The number of ether oxygens (including phenoxy) is 1. The number of anilines is 1. The molecule has 2 aromatic heterocycles. The van der Waals surface area contributed by atoms with Gasteiger partial charge in [-0.05, 0) is 67.6 Å². The largest absolute Gasteiger partial charge is 0.456 e. The quantitative estimate of drug-likeness (QED) is 0.190. The zero-order valence-corrected chi connectivity index (χ0v) is 25.5. The van der Waals surface area contributed by atoms with E-state index in [0.29, 0.717) is 46.5 Å². The number of rotatable bonds is 7. The monoisotopic (exact) mass is 633 g/mol. The van der Waals surface area contributed by atoms with Gasteiger partial charge in [0, 0.05) is 66.8 Å². The summed E-state index contributed by atoms with van der Waals surface area (Å²) >= 11 is 6.20. The van der Waals surface area contributed by atoms with Crippen molar-refractivity contribution in [2.45, 2.75) is 19.6 Å². The fourth-order valence-corrected chi connectivity index (χ4v) is 5.61. The highest BCUT2D eigenvalue weighted by molar-refractivity contribution is 6.30. The van der Waals surface area contributed by atoms with E-state index in [1.807, 2.05) is 30.1 Å². The molecule has 6 rings (SSSR count). The van der Waals surface area contributed by atoms with Gasteiger partial charge in [-0.3, -0.25) is 9.69 Å². The van der Waals surface area contributed by atoms with Crippen LogP contribution < -0.4 is 10.1 Å². The first-order chi connectivity index (χ1) is 21.5. The van der Waals surface area contributed by atoms with Crippen LogP contribution in [0.25, 0.3) is 22.3 Å². The summed E-state index contributed by atoms with van der Waals surface area (Å²) in [6.45, 7) is 4.95. The Labute approximate surface area is 263 Å². The van der Waals surface area contributed by atoms with E-state index < -0.39 is 17.6 Å². The highest BCUT2D eigenvalue weighted by Gasteiger charge is 2.34. The molecule has 3 heterocycles. The molecule has 0 unspecified atom stereocenters. The van der Waals surface area contributed by atoms with Crippen molar-refractivity contribution in [1.29, 1.82) is 0 Å². The summed E-state index contributed by atoms with van der Waals surface area (Å²) in [4.78, 5) is 25.3. The minimum absolute atomic E-state index is 0.0644. The first-order valence-electron chi connectivity index (χ1n) is 14.5. The first kappa shape index (κ1) is 30.6. The summed E-state index contributed by atoms with van der Waals surface area (Å²) < 4.78 is 48.6. The van der Waals surface area contributed by atoms with Crippen molar-refractivity contribution in [3.05, 3.63) is 106 Å². The summed E-state index contributed by atoms with van der Waals surface area (Å²) in [5.41, 5.74) is 2.47. The van der Waals surface area contributed by atoms with Crippen molar-refractivity contribution in [2.24, 2.45) is 0 Å². The molecule has 11 heteroatoms. The second-order valence-electron chi connectivity index (χ2n) is 11.2. The van der Waals surface area contributed by atoms with Crippen LogP contribution in [0, 0.1) is 6.92 Å². The van der Waals surface area contributed by atoms with Gasteiger partial charge in [-0.15, -0.1) is 0 Å². The van der Waals surface area contributed by atoms with E-state index in [4.69, 9.17) is 16.3 Å². The van der Waals surface area contributed by atoms with Crippen LogP contribution in [0.15, 0.2) is 79.0 Å². The molecule has 1 aliphatic rings. The lowest BCUT2D eigenvalue weighted by Crippen LogP contribution is -2.44. The number of pyridine rings is 1. The van der Waals surface area contributed by atoms with Crippen LogP contribution in [0.2, 0.25) is 5.02 Å². The van der Waals surface area contributed by atoms with E-state index in [-0.39, 0.29) is 23.4 Å². The number of aryl methyl sites for hydroxylation is 1. The van der Waals surface area contributed by atoms with E-state index in [1.54, 1.807) is 49.5 Å². The number of likely N-dealkylation sites (N-methyl/N-ethyl adjacent to an activating group) is 1. The average molecular weight is 634 g/mol. The van der Waals surface area contributed by atoms with Crippen molar-refractivity contribution in [1.82, 2.24) is 19.8 Å². The number of hydrogen-bond donors (Lipinski definition) is 2. The van der Waals surface area contributed by atoms with Crippen LogP contribution in [0.4, 0.5) is 18.9 Å². The highest BCUT2D eigenvalue weighted by Crippen LogP contribution is 2.36. The number of nitrogens with zero attached hydrogens (tertiary/aromatic N) is 3. The topological polar surface area (TPSA) is 73.5 Å². The summed E-state index contributed by atoms with van der Waals surface area (Å²) in [6.07, 6.45) is -2.81. The van der Waals surface area contributed by atoms with Gasteiger partial charge in [-0.1, -0.05) is 35.9 Å². The van der Waals surface area contributed by atoms with Gasteiger partial charge in [-0.25, -0.2) is 4.98 Å². The number of nitrogens with one attached hydrogen (secondary N) is 2. The normalized spacial score (nSPS) is 14.5. The van der Waals surface area contributed by atoms with Gasteiger partial charge < -0.3 is 19.9 Å². The summed E-state index contributed by atoms with van der Waals surface area (Å²) in [6, 6.07) is 20.0. The van der Waals surface area contributed by atoms with Crippen molar-refractivity contribution in [3.8, 4) is 22.8 Å². The Morgan fingerprint density at radius 2 is 1.82 bits per heavy atom. The van der Waals surface area contributed by atoms with Gasteiger partial charge in [0.2, 0.25) is 0 Å². The third-order valence-electron chi connectivity index (χ3n) is 7.96. The van der Waals surface area contributed by atoms with Crippen LogP contribution >= 0.6 is 11.6 Å². The van der Waals surface area contributed by atoms with E-state index in [2.05, 4.69) is 20.2 Å². The van der Waals surface area contributed by atoms with Crippen molar-refractivity contribution < 1.29 is 22.7 Å². The molecule has 0 spiro atoms. The summed E-state index contributed by atoms with van der Waals surface area (Å²) in [7, 11) is 2.00. The molecule has 232 valence electrons. The van der Waals surface area contributed by atoms with Gasteiger partial charge >= 0.3 is 6.18 Å². The average Bonchev–Trinajstić information content (AvgIpc) is 3.49. The highest BCUT2D eigenvalue weighted by atomic mass is 35.5. The maximum absolute atomic E-state index is 14.1. The third kappa shape index (κ3) is 6.98. The molecular weight excluding hydrogens is 603 g/mol. The zero-order chi connectivity index (χ0) is 31.7. The number of aromatic amines is 1. The Morgan fingerprint density at radius 1 is 1.02 bits per heavy atom. The number of fused-ring (bicyclic) bond motifs is 1. The maximum atomic E-state index is 14.1. The molecule has 2 N–H and O–H groups in total. The number of carbonyl (C=O) groups is 1. The van der Waals surface area contributed by atoms with Crippen molar-refractivity contribution in [2.75, 3.05) is 38.5 Å². The Hall–Kier alpha value is -4.38. The number of amides is 1.